The third-order valence-corrected chi connectivity index (χ3v) is 0.402. The first-order valence-electron chi connectivity index (χ1n) is 1.79. The molecule has 0 aliphatic heterocycles. The molecular formula is C4H7KO2. The van der Waals surface area contributed by atoms with E-state index in [1.165, 1.54) is 0 Å². The molecule has 0 heterocycles. The van der Waals surface area contributed by atoms with E-state index < -0.39 is 0 Å². The van der Waals surface area contributed by atoms with Crippen LogP contribution in [0.4, 0.5) is 0 Å². The van der Waals surface area contributed by atoms with Crippen LogP contribution in [0.5, 0.6) is 0 Å². The van der Waals surface area contributed by atoms with Crippen molar-refractivity contribution >= 4 is 12.6 Å². The maximum absolute atomic E-state index is 9.40. The molecule has 0 rings (SSSR count). The largest absolute Gasteiger partial charge is 1.00 e. The topological polar surface area (TPSA) is 34.1 Å². The standard InChI is InChI=1S/C4H6O2.K.H/c5-3-1-2-4-6;;/h3-4H,1-2H2;;/q;+1;-1. The van der Waals surface area contributed by atoms with Crippen molar-refractivity contribution in [3.63, 3.8) is 0 Å². The zero-order valence-electron chi connectivity index (χ0n) is 5.39. The Morgan fingerprint density at radius 1 is 1.14 bits per heavy atom. The summed E-state index contributed by atoms with van der Waals surface area (Å²) in [5.74, 6) is 0. The molecule has 36 valence electrons. The summed E-state index contributed by atoms with van der Waals surface area (Å²) in [6, 6.07) is 0. The van der Waals surface area contributed by atoms with Crippen molar-refractivity contribution in [1.29, 1.82) is 0 Å². The molecule has 0 atom stereocenters. The van der Waals surface area contributed by atoms with E-state index in [-0.39, 0.29) is 52.8 Å². The summed E-state index contributed by atoms with van der Waals surface area (Å²) < 4.78 is 0. The van der Waals surface area contributed by atoms with Crippen LogP contribution >= 0.6 is 0 Å². The molecule has 0 aliphatic rings. The molecular weight excluding hydrogens is 119 g/mol. The molecule has 0 fully saturated rings. The summed E-state index contributed by atoms with van der Waals surface area (Å²) in [5, 5.41) is 0. The molecule has 0 aliphatic carbocycles. The molecule has 0 aromatic rings. The number of unbranched alkanes of at least 4 members (excludes halogenated alkanes) is 1. The van der Waals surface area contributed by atoms with Crippen LogP contribution in [0.15, 0.2) is 0 Å². The van der Waals surface area contributed by atoms with Crippen LogP contribution in [0, 0.1) is 0 Å². The van der Waals surface area contributed by atoms with Gasteiger partial charge >= 0.3 is 51.4 Å². The predicted molar refractivity (Wildman–Crippen MR) is 22.5 cm³/mol. The fourth-order valence-corrected chi connectivity index (χ4v) is 0.136. The van der Waals surface area contributed by atoms with Gasteiger partial charge in [0.1, 0.15) is 12.6 Å². The Hall–Kier alpha value is 0.976. The molecule has 0 N–H and O–H groups in total. The van der Waals surface area contributed by atoms with E-state index in [1.54, 1.807) is 0 Å². The average Bonchev–Trinajstić information content (AvgIpc) is 1.61. The van der Waals surface area contributed by atoms with E-state index in [4.69, 9.17) is 0 Å². The number of carbonyl (C=O) groups excluding carboxylic acids is 2. The SMILES string of the molecule is O=CCCC=O.[H-].[K+]. The fraction of sp³-hybridized carbons (Fsp3) is 0.500. The Bertz CT molecular complexity index is 50.0. The summed E-state index contributed by atoms with van der Waals surface area (Å²) in [6.45, 7) is 0. The second-order valence-corrected chi connectivity index (χ2v) is 0.911. The molecule has 0 amide bonds. The Kier molecular flexibility index (Phi) is 15.6. The second-order valence-electron chi connectivity index (χ2n) is 0.911. The van der Waals surface area contributed by atoms with Crippen LogP contribution in [0.25, 0.3) is 0 Å². The van der Waals surface area contributed by atoms with Crippen molar-refractivity contribution < 1.29 is 62.4 Å². The zero-order valence-corrected chi connectivity index (χ0v) is 7.51. The van der Waals surface area contributed by atoms with Crippen molar-refractivity contribution in [3.8, 4) is 0 Å². The number of carbonyl (C=O) groups is 2. The van der Waals surface area contributed by atoms with Gasteiger partial charge in [0.05, 0.1) is 0 Å². The van der Waals surface area contributed by atoms with Crippen LogP contribution in [0.1, 0.15) is 14.3 Å². The Labute approximate surface area is 86.6 Å². The first-order chi connectivity index (χ1) is 2.91. The number of aldehydes is 2. The molecule has 0 radical (unpaired) electrons. The Morgan fingerprint density at radius 3 is 1.57 bits per heavy atom. The van der Waals surface area contributed by atoms with Crippen molar-refractivity contribution in [2.24, 2.45) is 0 Å². The van der Waals surface area contributed by atoms with Gasteiger partial charge < -0.3 is 11.0 Å². The van der Waals surface area contributed by atoms with Gasteiger partial charge in [0.15, 0.2) is 0 Å². The minimum Gasteiger partial charge on any atom is -1.00 e. The average molecular weight is 126 g/mol. The summed E-state index contributed by atoms with van der Waals surface area (Å²) in [4.78, 5) is 18.8. The Morgan fingerprint density at radius 2 is 1.43 bits per heavy atom. The molecule has 0 spiro atoms. The van der Waals surface area contributed by atoms with Gasteiger partial charge in [0, 0.05) is 12.8 Å². The third-order valence-electron chi connectivity index (χ3n) is 0.402. The van der Waals surface area contributed by atoms with Gasteiger partial charge in [-0.3, -0.25) is 0 Å². The molecule has 0 bridgehead atoms. The van der Waals surface area contributed by atoms with Gasteiger partial charge in [-0.2, -0.15) is 0 Å². The number of rotatable bonds is 3. The van der Waals surface area contributed by atoms with E-state index in [2.05, 4.69) is 0 Å². The van der Waals surface area contributed by atoms with E-state index >= 15 is 0 Å². The quantitative estimate of drug-likeness (QED) is 0.234. The van der Waals surface area contributed by atoms with Crippen LogP contribution in [-0.4, -0.2) is 12.6 Å². The van der Waals surface area contributed by atoms with Crippen molar-refractivity contribution in [3.05, 3.63) is 0 Å². The van der Waals surface area contributed by atoms with Crippen LogP contribution < -0.4 is 51.4 Å². The van der Waals surface area contributed by atoms with Crippen molar-refractivity contribution in [2.75, 3.05) is 0 Å². The predicted octanol–water partition coefficient (Wildman–Crippen LogP) is -2.72. The number of hydrogen-bond acceptors (Lipinski definition) is 2. The molecule has 0 saturated heterocycles. The van der Waals surface area contributed by atoms with E-state index in [0.29, 0.717) is 12.8 Å². The minimum atomic E-state index is 0. The van der Waals surface area contributed by atoms with Crippen LogP contribution in [-0.2, 0) is 9.59 Å². The normalized spacial score (nSPS) is 6.29. The van der Waals surface area contributed by atoms with Gasteiger partial charge in [-0.15, -0.1) is 0 Å². The minimum absolute atomic E-state index is 0. The summed E-state index contributed by atoms with van der Waals surface area (Å²) in [6.07, 6.45) is 2.19. The smallest absolute Gasteiger partial charge is 1.00 e. The van der Waals surface area contributed by atoms with Gasteiger partial charge in [-0.1, -0.05) is 0 Å². The maximum Gasteiger partial charge on any atom is 1.00 e. The van der Waals surface area contributed by atoms with Gasteiger partial charge in [-0.25, -0.2) is 0 Å². The fourth-order valence-electron chi connectivity index (χ4n) is 0.136. The van der Waals surface area contributed by atoms with Gasteiger partial charge in [-0.05, 0) is 0 Å². The molecule has 3 heteroatoms. The number of hydrogen-bond donors (Lipinski definition) is 0. The van der Waals surface area contributed by atoms with Crippen LogP contribution in [0.3, 0.4) is 0 Å². The molecule has 7 heavy (non-hydrogen) atoms. The first-order valence-corrected chi connectivity index (χ1v) is 1.79. The molecule has 0 aromatic heterocycles. The molecule has 0 saturated carbocycles. The monoisotopic (exact) mass is 126 g/mol. The molecule has 0 aromatic carbocycles. The van der Waals surface area contributed by atoms with E-state index in [1.807, 2.05) is 0 Å². The van der Waals surface area contributed by atoms with Crippen LogP contribution in [0.2, 0.25) is 0 Å². The zero-order chi connectivity index (χ0) is 4.83. The van der Waals surface area contributed by atoms with E-state index in [9.17, 15) is 9.59 Å². The Balaban J connectivity index is -0.000000125. The summed E-state index contributed by atoms with van der Waals surface area (Å²) >= 11 is 0. The van der Waals surface area contributed by atoms with E-state index in [0.717, 1.165) is 12.6 Å². The van der Waals surface area contributed by atoms with Gasteiger partial charge in [0.25, 0.3) is 0 Å². The summed E-state index contributed by atoms with van der Waals surface area (Å²) in [5.41, 5.74) is 0. The van der Waals surface area contributed by atoms with Crippen molar-refractivity contribution in [1.82, 2.24) is 0 Å². The molecule has 0 unspecified atom stereocenters. The first kappa shape index (κ1) is 10.9. The third kappa shape index (κ3) is 10.9. The maximum atomic E-state index is 9.40. The summed E-state index contributed by atoms with van der Waals surface area (Å²) in [7, 11) is 0. The molecule has 2 nitrogen and oxygen atoms in total. The second kappa shape index (κ2) is 10.1. The van der Waals surface area contributed by atoms with Crippen molar-refractivity contribution in [2.45, 2.75) is 12.8 Å². The van der Waals surface area contributed by atoms with Gasteiger partial charge in [0.2, 0.25) is 0 Å².